The molecule has 2 atom stereocenters. The Kier molecular flexibility index (Phi) is 10.5. The number of benzene rings is 1. The maximum Gasteiger partial charge on any atom is 0.312 e. The van der Waals surface area contributed by atoms with Crippen molar-refractivity contribution in [3.05, 3.63) is 35.4 Å². The molecule has 29 heavy (non-hydrogen) atoms. The van der Waals surface area contributed by atoms with E-state index in [-0.39, 0.29) is 43.1 Å². The van der Waals surface area contributed by atoms with Crippen LogP contribution in [0.15, 0.2) is 24.3 Å². The molecular weight excluding hydrogens is 394 g/mol. The van der Waals surface area contributed by atoms with Crippen LogP contribution < -0.4 is 22.1 Å². The van der Waals surface area contributed by atoms with Gasteiger partial charge in [-0.3, -0.25) is 9.59 Å². The molecule has 0 bridgehead atoms. The number of hydrogen-bond acceptors (Lipinski definition) is 4. The van der Waals surface area contributed by atoms with Crippen molar-refractivity contribution in [3.8, 4) is 0 Å². The van der Waals surface area contributed by atoms with E-state index in [1.54, 1.807) is 0 Å². The molecule has 1 fully saturated rings. The summed E-state index contributed by atoms with van der Waals surface area (Å²) in [7, 11) is 0. The smallest absolute Gasteiger partial charge is 0.312 e. The minimum absolute atomic E-state index is 0. The summed E-state index contributed by atoms with van der Waals surface area (Å²) in [5.41, 5.74) is 12.6. The molecule has 0 saturated carbocycles. The van der Waals surface area contributed by atoms with Gasteiger partial charge in [0.1, 0.15) is 0 Å². The number of hydrogen-bond donors (Lipinski definition) is 4. The van der Waals surface area contributed by atoms with Crippen LogP contribution in [0.3, 0.4) is 0 Å². The standard InChI is InChI=1S/C20H31N5O3.ClH/c1-14-6-2-3-8-16(14)17(24-20(22)28)12-19(27)25-11-5-4-7-15(25)13-23-18(26)9-10-21;/h2-3,6,8,15,17H,4-5,7,9-13,21H2,1H3,(H,23,26)(H3,22,24,28);1H. The molecule has 0 spiro atoms. The molecule has 1 heterocycles. The Bertz CT molecular complexity index is 700. The molecule has 2 rings (SSSR count). The highest BCUT2D eigenvalue weighted by atomic mass is 35.5. The predicted molar refractivity (Wildman–Crippen MR) is 115 cm³/mol. The van der Waals surface area contributed by atoms with Crippen molar-refractivity contribution in [1.29, 1.82) is 0 Å². The number of likely N-dealkylation sites (tertiary alicyclic amines) is 1. The summed E-state index contributed by atoms with van der Waals surface area (Å²) >= 11 is 0. The van der Waals surface area contributed by atoms with Gasteiger partial charge in [0, 0.05) is 32.1 Å². The van der Waals surface area contributed by atoms with Gasteiger partial charge in [-0.1, -0.05) is 24.3 Å². The van der Waals surface area contributed by atoms with Gasteiger partial charge in [0.15, 0.2) is 0 Å². The van der Waals surface area contributed by atoms with Crippen LogP contribution in [-0.4, -0.2) is 48.4 Å². The van der Waals surface area contributed by atoms with E-state index in [4.69, 9.17) is 11.5 Å². The molecule has 8 nitrogen and oxygen atoms in total. The first-order chi connectivity index (χ1) is 13.4. The Morgan fingerprint density at radius 1 is 1.24 bits per heavy atom. The second kappa shape index (κ2) is 12.3. The van der Waals surface area contributed by atoms with Gasteiger partial charge in [0.05, 0.1) is 12.5 Å². The number of nitrogens with two attached hydrogens (primary N) is 2. The Balaban J connectivity index is 0.00000420. The minimum atomic E-state index is -0.662. The predicted octanol–water partition coefficient (Wildman–Crippen LogP) is 1.36. The number of piperidine rings is 1. The lowest BCUT2D eigenvalue weighted by molar-refractivity contribution is -0.136. The van der Waals surface area contributed by atoms with Crippen LogP contribution in [0, 0.1) is 6.92 Å². The minimum Gasteiger partial charge on any atom is -0.354 e. The molecule has 1 aromatic carbocycles. The third kappa shape index (κ3) is 7.55. The Morgan fingerprint density at radius 3 is 2.62 bits per heavy atom. The number of nitrogens with zero attached hydrogens (tertiary/aromatic N) is 1. The highest BCUT2D eigenvalue weighted by Crippen LogP contribution is 2.24. The molecular formula is C20H32ClN5O3. The molecule has 4 amide bonds. The molecule has 9 heteroatoms. The molecule has 1 aliphatic rings. The summed E-state index contributed by atoms with van der Waals surface area (Å²) in [6.45, 7) is 3.30. The molecule has 1 aromatic rings. The van der Waals surface area contributed by atoms with Crippen molar-refractivity contribution < 1.29 is 14.4 Å². The summed E-state index contributed by atoms with van der Waals surface area (Å²) in [6.07, 6.45) is 3.19. The zero-order valence-corrected chi connectivity index (χ0v) is 17.7. The fourth-order valence-electron chi connectivity index (χ4n) is 3.67. The highest BCUT2D eigenvalue weighted by molar-refractivity contribution is 5.85. The van der Waals surface area contributed by atoms with E-state index in [1.807, 2.05) is 36.1 Å². The summed E-state index contributed by atoms with van der Waals surface area (Å²) in [4.78, 5) is 38.1. The Hall–Kier alpha value is -2.32. The molecule has 0 aliphatic carbocycles. The monoisotopic (exact) mass is 425 g/mol. The van der Waals surface area contributed by atoms with Crippen molar-refractivity contribution in [3.63, 3.8) is 0 Å². The van der Waals surface area contributed by atoms with Crippen LogP contribution in [0.25, 0.3) is 0 Å². The summed E-state index contributed by atoms with van der Waals surface area (Å²) in [5.74, 6) is -0.159. The van der Waals surface area contributed by atoms with Gasteiger partial charge in [0.25, 0.3) is 0 Å². The number of halogens is 1. The number of rotatable bonds is 8. The zero-order valence-electron chi connectivity index (χ0n) is 16.9. The van der Waals surface area contributed by atoms with Gasteiger partial charge in [-0.05, 0) is 37.3 Å². The van der Waals surface area contributed by atoms with E-state index in [2.05, 4.69) is 10.6 Å². The van der Waals surface area contributed by atoms with Crippen LogP contribution in [0.1, 0.15) is 49.3 Å². The average molecular weight is 426 g/mol. The number of urea groups is 1. The van der Waals surface area contributed by atoms with Gasteiger partial charge >= 0.3 is 6.03 Å². The lowest BCUT2D eigenvalue weighted by Crippen LogP contribution is -2.50. The topological polar surface area (TPSA) is 131 Å². The van der Waals surface area contributed by atoms with Gasteiger partial charge in [-0.25, -0.2) is 4.79 Å². The number of amides is 4. The number of aryl methyl sites for hydroxylation is 1. The van der Waals surface area contributed by atoms with Gasteiger partial charge in [-0.15, -0.1) is 12.4 Å². The van der Waals surface area contributed by atoms with Crippen LogP contribution in [-0.2, 0) is 9.59 Å². The van der Waals surface area contributed by atoms with Crippen LogP contribution in [0.4, 0.5) is 4.79 Å². The van der Waals surface area contributed by atoms with Crippen molar-refractivity contribution in [2.75, 3.05) is 19.6 Å². The van der Waals surface area contributed by atoms with E-state index < -0.39 is 12.1 Å². The molecule has 1 saturated heterocycles. The maximum atomic E-state index is 13.1. The zero-order chi connectivity index (χ0) is 20.5. The summed E-state index contributed by atoms with van der Waals surface area (Å²) in [6, 6.07) is 6.42. The lowest BCUT2D eigenvalue weighted by Gasteiger charge is -2.37. The maximum absolute atomic E-state index is 13.1. The number of carbonyl (C=O) groups excluding carboxylic acids is 3. The van der Waals surface area contributed by atoms with Crippen molar-refractivity contribution in [1.82, 2.24) is 15.5 Å². The van der Waals surface area contributed by atoms with Gasteiger partial charge in [-0.2, -0.15) is 0 Å². The molecule has 2 unspecified atom stereocenters. The van der Waals surface area contributed by atoms with Crippen LogP contribution >= 0.6 is 12.4 Å². The third-order valence-electron chi connectivity index (χ3n) is 5.11. The van der Waals surface area contributed by atoms with Gasteiger partial charge < -0.3 is 27.0 Å². The molecule has 0 aromatic heterocycles. The van der Waals surface area contributed by atoms with E-state index in [9.17, 15) is 14.4 Å². The number of nitrogens with one attached hydrogen (secondary N) is 2. The fraction of sp³-hybridized carbons (Fsp3) is 0.550. The first-order valence-electron chi connectivity index (χ1n) is 9.80. The average Bonchev–Trinajstić information content (AvgIpc) is 2.66. The fourth-order valence-corrected chi connectivity index (χ4v) is 3.67. The van der Waals surface area contributed by atoms with Crippen LogP contribution in [0.5, 0.6) is 0 Å². The van der Waals surface area contributed by atoms with E-state index >= 15 is 0 Å². The number of primary amides is 1. The third-order valence-corrected chi connectivity index (χ3v) is 5.11. The molecule has 6 N–H and O–H groups in total. The largest absolute Gasteiger partial charge is 0.354 e. The molecule has 162 valence electrons. The molecule has 1 aliphatic heterocycles. The van der Waals surface area contributed by atoms with Gasteiger partial charge in [0.2, 0.25) is 11.8 Å². The second-order valence-electron chi connectivity index (χ2n) is 7.20. The van der Waals surface area contributed by atoms with Crippen LogP contribution in [0.2, 0.25) is 0 Å². The second-order valence-corrected chi connectivity index (χ2v) is 7.20. The number of carbonyl (C=O) groups is 3. The Morgan fingerprint density at radius 2 is 1.97 bits per heavy atom. The SMILES string of the molecule is Cc1ccccc1C(CC(=O)N1CCCCC1CNC(=O)CCN)NC(N)=O.Cl. The normalized spacial score (nSPS) is 17.0. The van der Waals surface area contributed by atoms with Crippen molar-refractivity contribution in [2.24, 2.45) is 11.5 Å². The first-order valence-corrected chi connectivity index (χ1v) is 9.80. The Labute approximate surface area is 178 Å². The summed E-state index contributed by atoms with van der Waals surface area (Å²) < 4.78 is 0. The first kappa shape index (κ1) is 24.7. The van der Waals surface area contributed by atoms with E-state index in [0.29, 0.717) is 19.6 Å². The summed E-state index contributed by atoms with van der Waals surface area (Å²) in [5, 5.41) is 5.56. The quantitative estimate of drug-likeness (QED) is 0.500. The van der Waals surface area contributed by atoms with E-state index in [0.717, 1.165) is 30.4 Å². The highest BCUT2D eigenvalue weighted by Gasteiger charge is 2.29. The van der Waals surface area contributed by atoms with Crippen molar-refractivity contribution >= 4 is 30.3 Å². The molecule has 0 radical (unpaired) electrons. The van der Waals surface area contributed by atoms with E-state index in [1.165, 1.54) is 0 Å². The van der Waals surface area contributed by atoms with Crippen molar-refractivity contribution in [2.45, 2.75) is 51.1 Å². The lowest BCUT2D eigenvalue weighted by atomic mass is 9.96.